The maximum Gasteiger partial charge on any atom is 0.325 e. The zero-order valence-corrected chi connectivity index (χ0v) is 22.1. The average Bonchev–Trinajstić information content (AvgIpc) is 2.87. The molecule has 14 heteroatoms. The van der Waals surface area contributed by atoms with E-state index in [-0.39, 0.29) is 23.2 Å². The van der Waals surface area contributed by atoms with Gasteiger partial charge in [0.05, 0.1) is 29.3 Å². The molecule has 1 saturated carbocycles. The molecule has 40 heavy (non-hydrogen) atoms. The first-order chi connectivity index (χ1) is 18.6. The highest BCUT2D eigenvalue weighted by atomic mass is 16.4. The molecular formula is C26H30N4O10. The molecule has 3 aliphatic carbocycles. The number of aromatic hydroxyl groups is 1. The van der Waals surface area contributed by atoms with Gasteiger partial charge in [-0.25, -0.2) is 4.79 Å². The molecule has 0 heterocycles. The third kappa shape index (κ3) is 3.86. The van der Waals surface area contributed by atoms with E-state index in [1.807, 2.05) is 5.32 Å². The van der Waals surface area contributed by atoms with E-state index in [1.165, 1.54) is 38.1 Å². The average molecular weight is 559 g/mol. The number of aliphatic hydroxyl groups excluding tert-OH is 3. The molecule has 9 N–H and O–H groups in total. The maximum absolute atomic E-state index is 14.0. The second-order valence-corrected chi connectivity index (χ2v) is 10.3. The number of nitrogens with two attached hydrogens (primary N) is 1. The zero-order valence-electron chi connectivity index (χ0n) is 22.1. The van der Waals surface area contributed by atoms with Crippen LogP contribution in [0.15, 0.2) is 29.0 Å². The number of phenolic OH excluding ortho intramolecular Hbond substituents is 1. The monoisotopic (exact) mass is 558 g/mol. The van der Waals surface area contributed by atoms with Gasteiger partial charge >= 0.3 is 6.03 Å². The molecule has 6 atom stereocenters. The lowest BCUT2D eigenvalue weighted by molar-refractivity contribution is -0.169. The topological polar surface area (TPSA) is 240 Å². The molecule has 1 aromatic rings. The van der Waals surface area contributed by atoms with Gasteiger partial charge in [0.15, 0.2) is 11.4 Å². The molecule has 1 aromatic carbocycles. The number of imide groups is 1. The lowest BCUT2D eigenvalue weighted by atomic mass is 9.54. The number of hydrogen-bond donors (Lipinski definition) is 8. The van der Waals surface area contributed by atoms with Crippen molar-refractivity contribution in [2.45, 2.75) is 43.9 Å². The number of phenols is 1. The number of benzene rings is 1. The van der Waals surface area contributed by atoms with Crippen LogP contribution in [-0.2, 0) is 19.2 Å². The Bertz CT molecular complexity index is 1430. The van der Waals surface area contributed by atoms with Gasteiger partial charge < -0.3 is 36.6 Å². The molecule has 4 amide bonds. The van der Waals surface area contributed by atoms with Crippen molar-refractivity contribution in [1.82, 2.24) is 10.2 Å². The Balaban J connectivity index is 1.93. The number of anilines is 1. The largest absolute Gasteiger partial charge is 0.508 e. The SMILES string of the molecule is CCC(=O)NC(=O)Nc1ccc2c(c1O)C(O)=C1C(=O)[C@]3(O)C(O)=C(C(N)=O)C(=O)[C@@H](N(C)C)[C@@H]3[C@@H](O)[C@@H]1[C@H]2C. The van der Waals surface area contributed by atoms with Gasteiger partial charge in [-0.15, -0.1) is 0 Å². The van der Waals surface area contributed by atoms with E-state index in [1.54, 1.807) is 6.92 Å². The number of aliphatic hydroxyl groups is 4. The smallest absolute Gasteiger partial charge is 0.325 e. The van der Waals surface area contributed by atoms with Gasteiger partial charge in [-0.2, -0.15) is 0 Å². The quantitative estimate of drug-likeness (QED) is 0.174. The number of hydrogen-bond acceptors (Lipinski definition) is 11. The Morgan fingerprint density at radius 1 is 1.12 bits per heavy atom. The van der Waals surface area contributed by atoms with Crippen LogP contribution in [0.1, 0.15) is 37.3 Å². The number of Topliss-reactive ketones (excluding diaryl/α,β-unsaturated/α-hetero) is 2. The summed E-state index contributed by atoms with van der Waals surface area (Å²) < 4.78 is 0. The van der Waals surface area contributed by atoms with E-state index in [4.69, 9.17) is 5.73 Å². The molecule has 0 aromatic heterocycles. The van der Waals surface area contributed by atoms with Crippen molar-refractivity contribution in [3.8, 4) is 5.75 Å². The van der Waals surface area contributed by atoms with Crippen LogP contribution in [0.25, 0.3) is 5.76 Å². The number of fused-ring (bicyclic) bond motifs is 3. The van der Waals surface area contributed by atoms with Crippen LogP contribution in [0.4, 0.5) is 10.5 Å². The number of ketones is 2. The van der Waals surface area contributed by atoms with Crippen LogP contribution in [0.2, 0.25) is 0 Å². The summed E-state index contributed by atoms with van der Waals surface area (Å²) in [4.78, 5) is 64.2. The number of carbonyl (C=O) groups excluding carboxylic acids is 5. The van der Waals surface area contributed by atoms with Gasteiger partial charge in [-0.3, -0.25) is 29.4 Å². The molecule has 0 unspecified atom stereocenters. The lowest BCUT2D eigenvalue weighted by Crippen LogP contribution is -2.70. The van der Waals surface area contributed by atoms with E-state index in [0.29, 0.717) is 0 Å². The predicted octanol–water partition coefficient (Wildman–Crippen LogP) is -0.446. The van der Waals surface area contributed by atoms with Crippen molar-refractivity contribution in [1.29, 1.82) is 0 Å². The number of nitrogens with one attached hydrogen (secondary N) is 2. The van der Waals surface area contributed by atoms with Crippen LogP contribution in [0.3, 0.4) is 0 Å². The number of rotatable bonds is 4. The Morgan fingerprint density at radius 2 is 1.75 bits per heavy atom. The minimum atomic E-state index is -3.03. The number of urea groups is 1. The summed E-state index contributed by atoms with van der Waals surface area (Å²) in [5.41, 5.74) is 0.425. The van der Waals surface area contributed by atoms with Gasteiger partial charge in [0, 0.05) is 17.9 Å². The highest BCUT2D eigenvalue weighted by molar-refractivity contribution is 6.24. The number of carbonyl (C=O) groups is 5. The van der Waals surface area contributed by atoms with Crippen molar-refractivity contribution >= 4 is 40.9 Å². The fraction of sp³-hybridized carbons (Fsp3) is 0.423. The minimum absolute atomic E-state index is 0.0166. The first-order valence-corrected chi connectivity index (χ1v) is 12.4. The molecule has 4 rings (SSSR count). The van der Waals surface area contributed by atoms with Gasteiger partial charge in [0.1, 0.15) is 22.8 Å². The first-order valence-electron chi connectivity index (χ1n) is 12.4. The normalized spacial score (nSPS) is 29.5. The number of likely N-dealkylation sites (N-methyl/N-ethyl adjacent to an activating group) is 1. The number of primary amides is 1. The van der Waals surface area contributed by atoms with Crippen molar-refractivity contribution < 1.29 is 49.5 Å². The van der Waals surface area contributed by atoms with E-state index in [2.05, 4.69) is 5.32 Å². The number of nitrogens with zero attached hydrogens (tertiary/aromatic N) is 1. The van der Waals surface area contributed by atoms with Crippen molar-refractivity contribution in [3.63, 3.8) is 0 Å². The van der Waals surface area contributed by atoms with Crippen molar-refractivity contribution in [2.75, 3.05) is 19.4 Å². The summed E-state index contributed by atoms with van der Waals surface area (Å²) in [5.74, 6) is -10.8. The molecule has 0 bridgehead atoms. The summed E-state index contributed by atoms with van der Waals surface area (Å²) in [6.07, 6.45) is -1.70. The molecule has 0 spiro atoms. The van der Waals surface area contributed by atoms with E-state index < -0.39 is 93.3 Å². The summed E-state index contributed by atoms with van der Waals surface area (Å²) >= 11 is 0. The third-order valence-electron chi connectivity index (χ3n) is 7.95. The van der Waals surface area contributed by atoms with E-state index >= 15 is 0 Å². The highest BCUT2D eigenvalue weighted by Crippen LogP contribution is 2.56. The van der Waals surface area contributed by atoms with Gasteiger partial charge in [0.25, 0.3) is 5.91 Å². The fourth-order valence-corrected chi connectivity index (χ4v) is 6.09. The molecular weight excluding hydrogens is 528 g/mol. The highest BCUT2D eigenvalue weighted by Gasteiger charge is 2.68. The van der Waals surface area contributed by atoms with E-state index in [9.17, 15) is 49.5 Å². The molecule has 214 valence electrons. The van der Waals surface area contributed by atoms with Crippen molar-refractivity contribution in [2.24, 2.45) is 17.6 Å². The summed E-state index contributed by atoms with van der Waals surface area (Å²) in [6.45, 7) is 3.10. The van der Waals surface area contributed by atoms with Crippen LogP contribution in [-0.4, -0.2) is 91.7 Å². The number of amides is 4. The minimum Gasteiger partial charge on any atom is -0.508 e. The van der Waals surface area contributed by atoms with Gasteiger partial charge in [-0.05, 0) is 31.6 Å². The molecule has 14 nitrogen and oxygen atoms in total. The lowest BCUT2D eigenvalue weighted by Gasteiger charge is -2.53. The summed E-state index contributed by atoms with van der Waals surface area (Å²) in [5, 5.41) is 60.8. The Morgan fingerprint density at radius 3 is 2.30 bits per heavy atom. The standard InChI is InChI=1S/C26H30N4O10/c1-5-11(31)29-25(39)28-10-7-6-9-8(2)12-14(19(33)13(9)18(10)32)22(36)26(40)16(20(12)34)17(30(3)4)21(35)15(23(26)37)24(27)38/h6-8,12,16-17,20,32-34,37,40H,5H2,1-4H3,(H2,27,38)(H2,28,29,31,39)/t8-,12+,16+,17-,20-,26-/m0/s1. The van der Waals surface area contributed by atoms with Gasteiger partial charge in [-0.1, -0.05) is 19.9 Å². The Hall–Kier alpha value is -4.27. The molecule has 0 aliphatic heterocycles. The predicted molar refractivity (Wildman–Crippen MR) is 138 cm³/mol. The second kappa shape index (κ2) is 9.73. The van der Waals surface area contributed by atoms with Crippen molar-refractivity contribution in [3.05, 3.63) is 40.2 Å². The molecule has 0 saturated heterocycles. The first kappa shape index (κ1) is 28.7. The summed E-state index contributed by atoms with van der Waals surface area (Å²) in [6, 6.07) is 0.309. The maximum atomic E-state index is 14.0. The fourth-order valence-electron chi connectivity index (χ4n) is 6.09. The Labute approximate surface area is 227 Å². The van der Waals surface area contributed by atoms with Crippen LogP contribution in [0.5, 0.6) is 5.75 Å². The van der Waals surface area contributed by atoms with Crippen LogP contribution < -0.4 is 16.4 Å². The molecule has 0 radical (unpaired) electrons. The van der Waals surface area contributed by atoms with Crippen LogP contribution >= 0.6 is 0 Å². The van der Waals surface area contributed by atoms with Gasteiger partial charge in [0.2, 0.25) is 11.7 Å². The second-order valence-electron chi connectivity index (χ2n) is 10.3. The molecule has 1 fully saturated rings. The van der Waals surface area contributed by atoms with Crippen LogP contribution in [0, 0.1) is 11.8 Å². The Kier molecular flexibility index (Phi) is 6.99. The third-order valence-corrected chi connectivity index (χ3v) is 7.95. The summed E-state index contributed by atoms with van der Waals surface area (Å²) in [7, 11) is 2.83. The van der Waals surface area contributed by atoms with E-state index in [0.717, 1.165) is 0 Å². The molecule has 3 aliphatic rings. The zero-order chi connectivity index (χ0) is 30.0.